The highest BCUT2D eigenvalue weighted by molar-refractivity contribution is 5.11. The lowest BCUT2D eigenvalue weighted by atomic mass is 10.3. The topological polar surface area (TPSA) is 20.2 Å². The van der Waals surface area contributed by atoms with Crippen LogP contribution >= 0.6 is 0 Å². The van der Waals surface area contributed by atoms with E-state index in [1.165, 1.54) is 0 Å². The largest absolute Gasteiger partial charge is 0.389 e. The molecule has 0 amide bonds. The van der Waals surface area contributed by atoms with E-state index >= 15 is 0 Å². The normalized spacial score (nSPS) is 14.4. The summed E-state index contributed by atoms with van der Waals surface area (Å²) in [6.07, 6.45) is 3.14. The molecule has 0 radical (unpaired) electrons. The molecule has 0 fully saturated rings. The van der Waals surface area contributed by atoms with Gasteiger partial charge in [-0.3, -0.25) is 0 Å². The average Bonchev–Trinajstić information content (AvgIpc) is 1.61. The molecule has 0 aromatic carbocycles. The summed E-state index contributed by atoms with van der Waals surface area (Å²) in [6.45, 7) is 7.22. The first-order valence-corrected chi connectivity index (χ1v) is 2.64. The Morgan fingerprint density at radius 3 is 2.38 bits per heavy atom. The number of hydrogen-bond donors (Lipinski definition) is 1. The van der Waals surface area contributed by atoms with Gasteiger partial charge < -0.3 is 5.11 Å². The molecule has 8 heavy (non-hydrogen) atoms. The maximum Gasteiger partial charge on any atom is 0.0695 e. The average molecular weight is 112 g/mol. The predicted molar refractivity (Wildman–Crippen MR) is 35.6 cm³/mol. The van der Waals surface area contributed by atoms with Gasteiger partial charge in [0.05, 0.1) is 6.10 Å². The van der Waals surface area contributed by atoms with Gasteiger partial charge in [0.25, 0.3) is 0 Å². The van der Waals surface area contributed by atoms with Gasteiger partial charge in [0, 0.05) is 0 Å². The second kappa shape index (κ2) is 3.44. The van der Waals surface area contributed by atoms with Gasteiger partial charge in [-0.15, -0.1) is 0 Å². The third kappa shape index (κ3) is 5.44. The highest BCUT2D eigenvalue weighted by Crippen LogP contribution is 1.90. The molecule has 1 heteroatoms. The van der Waals surface area contributed by atoms with Crippen molar-refractivity contribution in [3.05, 3.63) is 24.3 Å². The first-order valence-electron chi connectivity index (χ1n) is 2.64. The van der Waals surface area contributed by atoms with E-state index in [9.17, 15) is 0 Å². The lowest BCUT2D eigenvalue weighted by Gasteiger charge is -1.90. The molecule has 0 bridgehead atoms. The fourth-order valence-electron chi connectivity index (χ4n) is 0.304. The van der Waals surface area contributed by atoms with Crippen LogP contribution in [0.5, 0.6) is 0 Å². The minimum atomic E-state index is -0.355. The molecule has 0 aromatic rings. The summed E-state index contributed by atoms with van der Waals surface area (Å²) in [7, 11) is 0. The number of hydrogen-bond acceptors (Lipinski definition) is 1. The van der Waals surface area contributed by atoms with Crippen molar-refractivity contribution in [3.8, 4) is 0 Å². The molecule has 1 atom stereocenters. The van der Waals surface area contributed by atoms with Crippen LogP contribution in [-0.2, 0) is 0 Å². The van der Waals surface area contributed by atoms with Crippen molar-refractivity contribution in [2.75, 3.05) is 0 Å². The van der Waals surface area contributed by atoms with Crippen LogP contribution in [0.3, 0.4) is 0 Å². The standard InChI is InChI=1S/C7H12O/c1-6(2)4-5-7(3)8/h4-5,7-8H,1H2,2-3H3/b5-4+. The van der Waals surface area contributed by atoms with Crippen LogP contribution < -0.4 is 0 Å². The second-order valence-corrected chi connectivity index (χ2v) is 1.95. The number of allylic oxidation sites excluding steroid dienone is 2. The summed E-state index contributed by atoms with van der Waals surface area (Å²) in [4.78, 5) is 0. The van der Waals surface area contributed by atoms with Crippen molar-refractivity contribution < 1.29 is 5.11 Å². The fraction of sp³-hybridized carbons (Fsp3) is 0.429. The zero-order valence-corrected chi connectivity index (χ0v) is 5.39. The molecule has 1 unspecified atom stereocenters. The van der Waals surface area contributed by atoms with E-state index in [0.29, 0.717) is 0 Å². The van der Waals surface area contributed by atoms with Crippen LogP contribution in [-0.4, -0.2) is 11.2 Å². The van der Waals surface area contributed by atoms with Crippen molar-refractivity contribution in [1.29, 1.82) is 0 Å². The first-order chi connectivity index (χ1) is 3.63. The van der Waals surface area contributed by atoms with E-state index < -0.39 is 0 Å². The molecular weight excluding hydrogens is 100 g/mol. The van der Waals surface area contributed by atoms with Crippen LogP contribution in [0.2, 0.25) is 0 Å². The van der Waals surface area contributed by atoms with Gasteiger partial charge in [0.2, 0.25) is 0 Å². The summed E-state index contributed by atoms with van der Waals surface area (Å²) in [5.74, 6) is 0. The van der Waals surface area contributed by atoms with E-state index in [4.69, 9.17) is 5.11 Å². The molecule has 0 rings (SSSR count). The van der Waals surface area contributed by atoms with Crippen molar-refractivity contribution in [2.45, 2.75) is 20.0 Å². The summed E-state index contributed by atoms with van der Waals surface area (Å²) in [5.41, 5.74) is 0.964. The molecule has 0 spiro atoms. The maximum absolute atomic E-state index is 8.67. The van der Waals surface area contributed by atoms with Gasteiger partial charge in [-0.05, 0) is 13.8 Å². The van der Waals surface area contributed by atoms with Gasteiger partial charge in [0.15, 0.2) is 0 Å². The number of aliphatic hydroxyl groups excluding tert-OH is 1. The van der Waals surface area contributed by atoms with E-state index in [-0.39, 0.29) is 6.10 Å². The molecular formula is C7H12O. The van der Waals surface area contributed by atoms with Crippen molar-refractivity contribution in [1.82, 2.24) is 0 Å². The molecule has 0 heterocycles. The maximum atomic E-state index is 8.67. The Bertz CT molecular complexity index is 101. The van der Waals surface area contributed by atoms with Gasteiger partial charge in [-0.2, -0.15) is 0 Å². The smallest absolute Gasteiger partial charge is 0.0695 e. The molecule has 46 valence electrons. The van der Waals surface area contributed by atoms with E-state index in [2.05, 4.69) is 6.58 Å². The second-order valence-electron chi connectivity index (χ2n) is 1.95. The Morgan fingerprint density at radius 2 is 2.25 bits per heavy atom. The zero-order chi connectivity index (χ0) is 6.57. The fourth-order valence-corrected chi connectivity index (χ4v) is 0.304. The number of aliphatic hydroxyl groups is 1. The SMILES string of the molecule is C=C(C)/C=C/C(C)O. The summed E-state index contributed by atoms with van der Waals surface area (Å²) < 4.78 is 0. The molecule has 1 N–H and O–H groups in total. The van der Waals surface area contributed by atoms with Crippen LogP contribution in [0, 0.1) is 0 Å². The summed E-state index contributed by atoms with van der Waals surface area (Å²) in [6, 6.07) is 0. The third-order valence-corrected chi connectivity index (χ3v) is 0.659. The molecule has 0 saturated heterocycles. The quantitative estimate of drug-likeness (QED) is 0.537. The van der Waals surface area contributed by atoms with Crippen LogP contribution in [0.4, 0.5) is 0 Å². The monoisotopic (exact) mass is 112 g/mol. The number of rotatable bonds is 2. The molecule has 0 aliphatic heterocycles. The Morgan fingerprint density at radius 1 is 1.75 bits per heavy atom. The summed E-state index contributed by atoms with van der Waals surface area (Å²) in [5, 5.41) is 8.67. The highest BCUT2D eigenvalue weighted by Gasteiger charge is 1.82. The van der Waals surface area contributed by atoms with Crippen molar-refractivity contribution >= 4 is 0 Å². The van der Waals surface area contributed by atoms with Gasteiger partial charge in [-0.25, -0.2) is 0 Å². The van der Waals surface area contributed by atoms with Crippen LogP contribution in [0.15, 0.2) is 24.3 Å². The van der Waals surface area contributed by atoms with E-state index in [0.717, 1.165) is 5.57 Å². The van der Waals surface area contributed by atoms with Crippen molar-refractivity contribution in [3.63, 3.8) is 0 Å². The van der Waals surface area contributed by atoms with Gasteiger partial charge in [0.1, 0.15) is 0 Å². The van der Waals surface area contributed by atoms with E-state index in [1.807, 2.05) is 6.92 Å². The van der Waals surface area contributed by atoms with Crippen LogP contribution in [0.1, 0.15) is 13.8 Å². The Labute approximate surface area is 50.3 Å². The Kier molecular flexibility index (Phi) is 3.20. The lowest BCUT2D eigenvalue weighted by Crippen LogP contribution is -1.91. The molecule has 0 aliphatic carbocycles. The summed E-state index contributed by atoms with van der Waals surface area (Å²) >= 11 is 0. The molecule has 0 aromatic heterocycles. The molecule has 1 nitrogen and oxygen atoms in total. The highest BCUT2D eigenvalue weighted by atomic mass is 16.3. The van der Waals surface area contributed by atoms with Gasteiger partial charge >= 0.3 is 0 Å². The Hall–Kier alpha value is -0.560. The minimum Gasteiger partial charge on any atom is -0.389 e. The lowest BCUT2D eigenvalue weighted by molar-refractivity contribution is 0.244. The van der Waals surface area contributed by atoms with Crippen LogP contribution in [0.25, 0.3) is 0 Å². The van der Waals surface area contributed by atoms with Gasteiger partial charge in [-0.1, -0.05) is 24.3 Å². The molecule has 0 aliphatic rings. The zero-order valence-electron chi connectivity index (χ0n) is 5.39. The van der Waals surface area contributed by atoms with E-state index in [1.54, 1.807) is 19.1 Å². The van der Waals surface area contributed by atoms with Crippen molar-refractivity contribution in [2.24, 2.45) is 0 Å². The Balaban J connectivity index is 3.50. The predicted octanol–water partition coefficient (Wildman–Crippen LogP) is 1.50. The molecule has 0 saturated carbocycles. The minimum absolute atomic E-state index is 0.355. The third-order valence-electron chi connectivity index (χ3n) is 0.659. The first kappa shape index (κ1) is 7.44.